The van der Waals surface area contributed by atoms with Gasteiger partial charge in [-0.15, -0.1) is 0 Å². The van der Waals surface area contributed by atoms with Crippen molar-refractivity contribution in [2.24, 2.45) is 0 Å². The van der Waals surface area contributed by atoms with Crippen molar-refractivity contribution in [3.63, 3.8) is 0 Å². The standard InChI is InChI=1S/C16H15NTe/c1-17(2)15-8-10-16(11-9-15)18-13-12-14-6-4-3-5-7-14/h3-11H,1-2H3. The summed E-state index contributed by atoms with van der Waals surface area (Å²) >= 11 is -0.394. The van der Waals surface area contributed by atoms with E-state index < -0.39 is 20.9 Å². The Morgan fingerprint density at radius 2 is 1.56 bits per heavy atom. The zero-order valence-electron chi connectivity index (χ0n) is 10.6. The molecular weight excluding hydrogens is 334 g/mol. The van der Waals surface area contributed by atoms with Gasteiger partial charge in [0, 0.05) is 0 Å². The third kappa shape index (κ3) is 3.81. The average molecular weight is 349 g/mol. The zero-order valence-corrected chi connectivity index (χ0v) is 12.9. The van der Waals surface area contributed by atoms with E-state index in [4.69, 9.17) is 0 Å². The van der Waals surface area contributed by atoms with Gasteiger partial charge in [-0.25, -0.2) is 0 Å². The molecule has 0 radical (unpaired) electrons. The molecule has 0 saturated carbocycles. The zero-order chi connectivity index (χ0) is 12.8. The van der Waals surface area contributed by atoms with E-state index in [1.807, 2.05) is 18.2 Å². The van der Waals surface area contributed by atoms with Crippen LogP contribution in [0.3, 0.4) is 0 Å². The Balaban J connectivity index is 2.01. The number of hydrogen-bond donors (Lipinski definition) is 0. The van der Waals surface area contributed by atoms with Crippen LogP contribution in [-0.2, 0) is 0 Å². The third-order valence-corrected chi connectivity index (χ3v) is 4.52. The minimum absolute atomic E-state index is 0.394. The van der Waals surface area contributed by atoms with Crippen molar-refractivity contribution in [2.75, 3.05) is 19.0 Å². The molecule has 2 heteroatoms. The number of anilines is 1. The van der Waals surface area contributed by atoms with Crippen molar-refractivity contribution in [2.45, 2.75) is 0 Å². The topological polar surface area (TPSA) is 3.24 Å². The van der Waals surface area contributed by atoms with E-state index in [1.54, 1.807) is 0 Å². The van der Waals surface area contributed by atoms with Crippen molar-refractivity contribution in [3.05, 3.63) is 60.2 Å². The summed E-state index contributed by atoms with van der Waals surface area (Å²) in [4.78, 5) is 2.11. The molecule has 0 unspecified atom stereocenters. The normalized spacial score (nSPS) is 9.44. The van der Waals surface area contributed by atoms with Gasteiger partial charge in [-0.2, -0.15) is 0 Å². The van der Waals surface area contributed by atoms with Crippen molar-refractivity contribution in [1.82, 2.24) is 0 Å². The molecule has 0 saturated heterocycles. The number of rotatable bonds is 2. The van der Waals surface area contributed by atoms with Crippen LogP contribution >= 0.6 is 0 Å². The van der Waals surface area contributed by atoms with Crippen molar-refractivity contribution in [1.29, 1.82) is 0 Å². The number of nitrogens with zero attached hydrogens (tertiary/aromatic N) is 1. The molecule has 1 nitrogen and oxygen atoms in total. The Morgan fingerprint density at radius 1 is 0.889 bits per heavy atom. The predicted molar refractivity (Wildman–Crippen MR) is 79.5 cm³/mol. The summed E-state index contributed by atoms with van der Waals surface area (Å²) in [6, 6.07) is 18.9. The molecule has 18 heavy (non-hydrogen) atoms. The van der Waals surface area contributed by atoms with Gasteiger partial charge in [0.1, 0.15) is 0 Å². The molecule has 0 fully saturated rings. The molecule has 0 aliphatic carbocycles. The molecule has 2 aromatic rings. The second kappa shape index (κ2) is 6.50. The Morgan fingerprint density at radius 3 is 2.17 bits per heavy atom. The Hall–Kier alpha value is -1.41. The van der Waals surface area contributed by atoms with Gasteiger partial charge in [-0.1, -0.05) is 0 Å². The first-order valence-corrected chi connectivity index (χ1v) is 8.09. The Kier molecular flexibility index (Phi) is 4.71. The maximum atomic E-state index is 3.33. The predicted octanol–water partition coefficient (Wildman–Crippen LogP) is 2.09. The van der Waals surface area contributed by atoms with Gasteiger partial charge in [0.05, 0.1) is 0 Å². The molecule has 90 valence electrons. The van der Waals surface area contributed by atoms with Crippen molar-refractivity contribution >= 4 is 30.2 Å². The summed E-state index contributed by atoms with van der Waals surface area (Å²) in [6.07, 6.45) is 0. The molecule has 2 aromatic carbocycles. The van der Waals surface area contributed by atoms with Gasteiger partial charge in [-0.05, 0) is 0 Å². The monoisotopic (exact) mass is 351 g/mol. The molecule has 0 spiro atoms. The molecule has 0 aliphatic rings. The number of benzene rings is 2. The van der Waals surface area contributed by atoms with E-state index >= 15 is 0 Å². The molecule has 0 aromatic heterocycles. The van der Waals surface area contributed by atoms with E-state index in [0.29, 0.717) is 0 Å². The Labute approximate surface area is 119 Å². The summed E-state index contributed by atoms with van der Waals surface area (Å²) in [7, 11) is 4.11. The van der Waals surface area contributed by atoms with Crippen LogP contribution in [0.15, 0.2) is 54.6 Å². The van der Waals surface area contributed by atoms with Gasteiger partial charge < -0.3 is 0 Å². The van der Waals surface area contributed by atoms with Crippen LogP contribution in [0.1, 0.15) is 5.56 Å². The van der Waals surface area contributed by atoms with Gasteiger partial charge >= 0.3 is 119 Å². The summed E-state index contributed by atoms with van der Waals surface area (Å²) in [5.41, 5.74) is 2.34. The van der Waals surface area contributed by atoms with Crippen LogP contribution in [0.2, 0.25) is 0 Å². The first-order valence-electron chi connectivity index (χ1n) is 5.76. The van der Waals surface area contributed by atoms with Crippen LogP contribution < -0.4 is 8.51 Å². The Bertz CT molecular complexity index is 547. The van der Waals surface area contributed by atoms with E-state index in [9.17, 15) is 0 Å². The van der Waals surface area contributed by atoms with Crippen LogP contribution in [0.4, 0.5) is 5.69 Å². The maximum absolute atomic E-state index is 3.33. The fourth-order valence-electron chi connectivity index (χ4n) is 1.48. The van der Waals surface area contributed by atoms with Crippen LogP contribution in [-0.4, -0.2) is 35.0 Å². The van der Waals surface area contributed by atoms with Crippen LogP contribution in [0.25, 0.3) is 0 Å². The second-order valence-electron chi connectivity index (χ2n) is 4.08. The van der Waals surface area contributed by atoms with Gasteiger partial charge in [0.2, 0.25) is 0 Å². The summed E-state index contributed by atoms with van der Waals surface area (Å²) in [5.74, 6) is 3.23. The SMILES string of the molecule is CN(C)c1ccc([Te]C#Cc2ccccc2)cc1. The first-order chi connectivity index (χ1) is 8.75. The minimum atomic E-state index is -0.394. The summed E-state index contributed by atoms with van der Waals surface area (Å²) in [6.45, 7) is 0. The van der Waals surface area contributed by atoms with Crippen molar-refractivity contribution in [3.8, 4) is 9.89 Å². The molecular formula is C16H15NTe. The molecule has 0 aliphatic heterocycles. The molecule has 0 bridgehead atoms. The summed E-state index contributed by atoms with van der Waals surface area (Å²) < 4.78 is 4.72. The molecule has 0 N–H and O–H groups in total. The summed E-state index contributed by atoms with van der Waals surface area (Å²) in [5, 5.41) is 0. The fraction of sp³-hybridized carbons (Fsp3) is 0.125. The average Bonchev–Trinajstić information content (AvgIpc) is 2.40. The first kappa shape index (κ1) is 13.0. The molecule has 0 heterocycles. The molecule has 0 atom stereocenters. The third-order valence-electron chi connectivity index (χ3n) is 2.49. The van der Waals surface area contributed by atoms with E-state index in [-0.39, 0.29) is 0 Å². The van der Waals surface area contributed by atoms with Gasteiger partial charge in [-0.3, -0.25) is 0 Å². The van der Waals surface area contributed by atoms with E-state index in [1.165, 1.54) is 9.30 Å². The molecule has 2 rings (SSSR count). The van der Waals surface area contributed by atoms with Crippen LogP contribution in [0.5, 0.6) is 0 Å². The molecule has 0 amide bonds. The van der Waals surface area contributed by atoms with Crippen molar-refractivity contribution < 1.29 is 0 Å². The van der Waals surface area contributed by atoms with Gasteiger partial charge in [0.25, 0.3) is 0 Å². The number of hydrogen-bond acceptors (Lipinski definition) is 1. The van der Waals surface area contributed by atoms with Gasteiger partial charge in [0.15, 0.2) is 0 Å². The van der Waals surface area contributed by atoms with E-state index in [0.717, 1.165) is 5.56 Å². The fourth-order valence-corrected chi connectivity index (χ4v) is 3.07. The van der Waals surface area contributed by atoms with Crippen LogP contribution in [0, 0.1) is 9.89 Å². The quantitative estimate of drug-likeness (QED) is 0.593. The second-order valence-corrected chi connectivity index (χ2v) is 6.59. The van der Waals surface area contributed by atoms with E-state index in [2.05, 4.69) is 65.3 Å².